The van der Waals surface area contributed by atoms with Crippen molar-refractivity contribution in [3.05, 3.63) is 29.8 Å². The number of hydrogen-bond acceptors (Lipinski definition) is 4. The molecule has 0 heterocycles. The first-order chi connectivity index (χ1) is 11.5. The van der Waals surface area contributed by atoms with Crippen molar-refractivity contribution in [1.82, 2.24) is 10.2 Å². The number of likely N-dealkylation sites (N-methyl/N-ethyl adjacent to an activating group) is 1. The lowest BCUT2D eigenvalue weighted by atomic mass is 9.85. The maximum absolute atomic E-state index is 12.2. The molecule has 24 heavy (non-hydrogen) atoms. The molecule has 0 aliphatic heterocycles. The van der Waals surface area contributed by atoms with E-state index in [2.05, 4.69) is 10.6 Å². The van der Waals surface area contributed by atoms with Crippen molar-refractivity contribution in [2.75, 3.05) is 24.7 Å². The number of nitrogens with one attached hydrogen (secondary N) is 2. The predicted octanol–water partition coefficient (Wildman–Crippen LogP) is 2.61. The highest BCUT2D eigenvalue weighted by atomic mass is 32.2. The van der Waals surface area contributed by atoms with Gasteiger partial charge in [0.25, 0.3) is 0 Å². The van der Waals surface area contributed by atoms with Crippen LogP contribution in [-0.4, -0.2) is 53.4 Å². The van der Waals surface area contributed by atoms with Crippen LogP contribution < -0.4 is 10.6 Å². The molecule has 0 unspecified atom stereocenters. The van der Waals surface area contributed by atoms with E-state index in [0.29, 0.717) is 6.54 Å². The summed E-state index contributed by atoms with van der Waals surface area (Å²) < 4.78 is 0. The highest BCUT2D eigenvalue weighted by Gasteiger charge is 2.34. The maximum atomic E-state index is 12.2. The molecule has 0 radical (unpaired) electrons. The third-order valence-corrected chi connectivity index (χ3v) is 4.87. The van der Waals surface area contributed by atoms with Crippen LogP contribution in [0.3, 0.4) is 0 Å². The number of carbonyl (C=O) groups is 2. The summed E-state index contributed by atoms with van der Waals surface area (Å²) in [4.78, 5) is 24.9. The van der Waals surface area contributed by atoms with Crippen molar-refractivity contribution < 1.29 is 14.7 Å². The van der Waals surface area contributed by atoms with Crippen molar-refractivity contribution >= 4 is 29.4 Å². The number of para-hydroxylation sites is 1. The van der Waals surface area contributed by atoms with Crippen molar-refractivity contribution in [3.8, 4) is 0 Å². The lowest BCUT2D eigenvalue weighted by molar-refractivity contribution is -0.139. The molecule has 0 bridgehead atoms. The zero-order valence-electron chi connectivity index (χ0n) is 14.1. The fourth-order valence-electron chi connectivity index (χ4n) is 2.94. The molecule has 2 amide bonds. The van der Waals surface area contributed by atoms with Crippen molar-refractivity contribution in [1.29, 1.82) is 0 Å². The lowest BCUT2D eigenvalue weighted by Gasteiger charge is -2.42. The number of rotatable bonds is 8. The summed E-state index contributed by atoms with van der Waals surface area (Å²) in [5, 5.41) is 14.8. The van der Waals surface area contributed by atoms with Crippen LogP contribution in [0.2, 0.25) is 0 Å². The van der Waals surface area contributed by atoms with E-state index < -0.39 is 5.97 Å². The van der Waals surface area contributed by atoms with Crippen molar-refractivity contribution in [2.45, 2.75) is 37.6 Å². The molecule has 1 aromatic carbocycles. The molecule has 1 saturated carbocycles. The summed E-state index contributed by atoms with van der Waals surface area (Å²) in [7, 11) is 0. The summed E-state index contributed by atoms with van der Waals surface area (Å²) in [5.41, 5.74) is 1.94. The first-order valence-corrected chi connectivity index (χ1v) is 9.53. The van der Waals surface area contributed by atoms with Gasteiger partial charge >= 0.3 is 12.0 Å². The number of thioether (sulfide) groups is 1. The lowest BCUT2D eigenvalue weighted by Crippen LogP contribution is -2.55. The van der Waals surface area contributed by atoms with Crippen LogP contribution in [0, 0.1) is 0 Å². The Bertz CT molecular complexity index is 576. The van der Waals surface area contributed by atoms with Gasteiger partial charge in [0.15, 0.2) is 0 Å². The molecule has 2 rings (SSSR count). The molecule has 0 saturated heterocycles. The van der Waals surface area contributed by atoms with Gasteiger partial charge in [0, 0.05) is 23.5 Å². The number of urea groups is 1. The summed E-state index contributed by atoms with van der Waals surface area (Å²) >= 11 is 1.71. The minimum Gasteiger partial charge on any atom is -0.480 e. The normalized spacial score (nSPS) is 19.6. The van der Waals surface area contributed by atoms with Gasteiger partial charge in [-0.05, 0) is 37.3 Å². The first kappa shape index (κ1) is 18.6. The van der Waals surface area contributed by atoms with Gasteiger partial charge in [-0.25, -0.2) is 4.79 Å². The molecule has 7 heteroatoms. The van der Waals surface area contributed by atoms with Crippen molar-refractivity contribution in [3.63, 3.8) is 0 Å². The number of amides is 2. The molecule has 0 atom stereocenters. The Labute approximate surface area is 147 Å². The molecule has 6 nitrogen and oxygen atoms in total. The Balaban J connectivity index is 1.80. The van der Waals surface area contributed by atoms with E-state index in [1.54, 1.807) is 11.8 Å². The number of benzene rings is 1. The van der Waals surface area contributed by atoms with E-state index in [1.807, 2.05) is 42.3 Å². The van der Waals surface area contributed by atoms with Gasteiger partial charge in [0.1, 0.15) is 0 Å². The molecule has 1 aliphatic rings. The Hall–Kier alpha value is -1.73. The summed E-state index contributed by atoms with van der Waals surface area (Å²) in [6, 6.07) is 7.92. The number of hydrogen-bond donors (Lipinski definition) is 3. The molecule has 1 aliphatic carbocycles. The van der Waals surface area contributed by atoms with Crippen LogP contribution in [0.15, 0.2) is 24.3 Å². The molecule has 0 aromatic heterocycles. The van der Waals surface area contributed by atoms with Gasteiger partial charge in [-0.1, -0.05) is 25.1 Å². The Morgan fingerprint density at radius 2 is 2.04 bits per heavy atom. The monoisotopic (exact) mass is 351 g/mol. The standard InChI is InChI=1S/C17H25N3O3S/c1-3-20(10-16(21)22)14-8-13(9-14)18-17(23)19-15-7-5-4-6-12(15)11-24-2/h4-7,13-14H,3,8-11H2,1-2H3,(H,21,22)(H2,18,19,23). The maximum Gasteiger partial charge on any atom is 0.319 e. The van der Waals surface area contributed by atoms with E-state index in [9.17, 15) is 9.59 Å². The highest BCUT2D eigenvalue weighted by Crippen LogP contribution is 2.26. The van der Waals surface area contributed by atoms with Crippen LogP contribution >= 0.6 is 11.8 Å². The highest BCUT2D eigenvalue weighted by molar-refractivity contribution is 7.97. The number of nitrogens with zero attached hydrogens (tertiary/aromatic N) is 1. The van der Waals surface area contributed by atoms with E-state index in [0.717, 1.165) is 29.8 Å². The number of anilines is 1. The zero-order valence-corrected chi connectivity index (χ0v) is 14.9. The van der Waals surface area contributed by atoms with E-state index >= 15 is 0 Å². The molecule has 1 aromatic rings. The first-order valence-electron chi connectivity index (χ1n) is 8.13. The fraction of sp³-hybridized carbons (Fsp3) is 0.529. The number of carboxylic acids is 1. The molecular formula is C17H25N3O3S. The minimum absolute atomic E-state index is 0.0577. The van der Waals surface area contributed by atoms with E-state index in [1.165, 1.54) is 0 Å². The van der Waals surface area contributed by atoms with Crippen LogP contribution in [-0.2, 0) is 10.5 Å². The second kappa shape index (κ2) is 8.94. The second-order valence-electron chi connectivity index (χ2n) is 5.97. The van der Waals surface area contributed by atoms with Crippen LogP contribution in [0.5, 0.6) is 0 Å². The minimum atomic E-state index is -0.809. The second-order valence-corrected chi connectivity index (χ2v) is 6.83. The molecule has 0 spiro atoms. The summed E-state index contributed by atoms with van der Waals surface area (Å²) in [5.74, 6) is 0.0409. The van der Waals surface area contributed by atoms with Crippen LogP contribution in [0.4, 0.5) is 10.5 Å². The number of carboxylic acid groups (broad SMARTS) is 1. The molecule has 3 N–H and O–H groups in total. The number of carbonyl (C=O) groups excluding carboxylic acids is 1. The Kier molecular flexibility index (Phi) is 6.93. The van der Waals surface area contributed by atoms with Gasteiger partial charge in [0.2, 0.25) is 0 Å². The Morgan fingerprint density at radius 3 is 2.67 bits per heavy atom. The third kappa shape index (κ3) is 5.14. The quantitative estimate of drug-likeness (QED) is 0.671. The molecule has 132 valence electrons. The van der Waals surface area contributed by atoms with Crippen LogP contribution in [0.1, 0.15) is 25.3 Å². The SMILES string of the molecule is CCN(CC(=O)O)C1CC(NC(=O)Nc2ccccc2CSC)C1. The topological polar surface area (TPSA) is 81.7 Å². The van der Waals surface area contributed by atoms with Gasteiger partial charge < -0.3 is 15.7 Å². The summed E-state index contributed by atoms with van der Waals surface area (Å²) in [6.07, 6.45) is 3.62. The largest absolute Gasteiger partial charge is 0.480 e. The molecule has 1 fully saturated rings. The fourth-order valence-corrected chi connectivity index (χ4v) is 3.51. The van der Waals surface area contributed by atoms with Gasteiger partial charge in [0.05, 0.1) is 6.54 Å². The van der Waals surface area contributed by atoms with E-state index in [4.69, 9.17) is 5.11 Å². The predicted molar refractivity (Wildman–Crippen MR) is 97.5 cm³/mol. The third-order valence-electron chi connectivity index (χ3n) is 4.27. The van der Waals surface area contributed by atoms with Crippen LogP contribution in [0.25, 0.3) is 0 Å². The van der Waals surface area contributed by atoms with Gasteiger partial charge in [-0.2, -0.15) is 11.8 Å². The average Bonchev–Trinajstić information content (AvgIpc) is 2.50. The average molecular weight is 351 g/mol. The summed E-state index contributed by atoms with van der Waals surface area (Å²) in [6.45, 7) is 2.72. The van der Waals surface area contributed by atoms with Crippen molar-refractivity contribution in [2.24, 2.45) is 0 Å². The number of aliphatic carboxylic acids is 1. The smallest absolute Gasteiger partial charge is 0.319 e. The molecular weight excluding hydrogens is 326 g/mol. The van der Waals surface area contributed by atoms with Gasteiger partial charge in [-0.15, -0.1) is 0 Å². The zero-order chi connectivity index (χ0) is 17.5. The van der Waals surface area contributed by atoms with E-state index in [-0.39, 0.29) is 24.7 Å². The Morgan fingerprint density at radius 1 is 1.33 bits per heavy atom. The van der Waals surface area contributed by atoms with Gasteiger partial charge in [-0.3, -0.25) is 9.69 Å².